The van der Waals surface area contributed by atoms with Crippen molar-refractivity contribution >= 4 is 39.7 Å². The van der Waals surface area contributed by atoms with Crippen LogP contribution in [0, 0.1) is 0 Å². The average Bonchev–Trinajstić information content (AvgIpc) is 2.42. The van der Waals surface area contributed by atoms with E-state index in [0.29, 0.717) is 41.0 Å². The van der Waals surface area contributed by atoms with E-state index in [1.54, 1.807) is 18.2 Å². The molecule has 5 nitrogen and oxygen atoms in total. The maximum absolute atomic E-state index is 12.2. The Morgan fingerprint density at radius 2 is 2.10 bits per heavy atom. The van der Waals surface area contributed by atoms with Crippen molar-refractivity contribution in [3.8, 4) is 0 Å². The van der Waals surface area contributed by atoms with Gasteiger partial charge in [-0.25, -0.2) is 0 Å². The Morgan fingerprint density at radius 1 is 1.45 bits per heavy atom. The normalized spacial score (nSPS) is 18.7. The van der Waals surface area contributed by atoms with Crippen LogP contribution in [0.15, 0.2) is 18.2 Å². The van der Waals surface area contributed by atoms with Crippen molar-refractivity contribution in [3.05, 3.63) is 23.2 Å². The quantitative estimate of drug-likeness (QED) is 0.825. The first kappa shape index (κ1) is 15.3. The summed E-state index contributed by atoms with van der Waals surface area (Å²) in [6.07, 6.45) is 0. The third kappa shape index (κ3) is 3.71. The number of nitrogens with two attached hydrogens (primary N) is 1. The number of nitrogens with one attached hydrogen (secondary N) is 1. The molecule has 0 aromatic heterocycles. The van der Waals surface area contributed by atoms with Gasteiger partial charge in [0.15, 0.2) is 0 Å². The first-order valence-electron chi connectivity index (χ1n) is 6.42. The summed E-state index contributed by atoms with van der Waals surface area (Å²) in [5.41, 5.74) is 6.72. The van der Waals surface area contributed by atoms with Gasteiger partial charge in [0, 0.05) is 41.1 Å². The summed E-state index contributed by atoms with van der Waals surface area (Å²) in [5, 5.41) is 3.22. The lowest BCUT2D eigenvalue weighted by Gasteiger charge is -2.31. The fraction of sp³-hybridized carbons (Fsp3) is 0.462. The Hall–Kier alpha value is -1.11. The zero-order valence-electron chi connectivity index (χ0n) is 11.3. The zero-order chi connectivity index (χ0) is 14.7. The van der Waals surface area contributed by atoms with E-state index in [4.69, 9.17) is 17.3 Å². The third-order valence-electron chi connectivity index (χ3n) is 3.39. The van der Waals surface area contributed by atoms with E-state index in [0.717, 1.165) is 0 Å². The molecule has 1 amide bonds. The van der Waals surface area contributed by atoms with Crippen molar-refractivity contribution in [3.63, 3.8) is 0 Å². The lowest BCUT2D eigenvalue weighted by atomic mass is 10.2. The Balaban J connectivity index is 1.98. The molecule has 1 saturated heterocycles. The SMILES string of the molecule is CC(C(=O)Nc1ccc(N)cc1Cl)N1CCS(=O)CC1. The van der Waals surface area contributed by atoms with Crippen molar-refractivity contribution in [2.75, 3.05) is 35.6 Å². The summed E-state index contributed by atoms with van der Waals surface area (Å²) < 4.78 is 11.3. The molecule has 1 aromatic carbocycles. The predicted molar refractivity (Wildman–Crippen MR) is 83.4 cm³/mol. The van der Waals surface area contributed by atoms with Gasteiger partial charge in [-0.3, -0.25) is 13.9 Å². The molecule has 110 valence electrons. The Bertz CT molecular complexity index is 528. The van der Waals surface area contributed by atoms with Crippen LogP contribution in [0.25, 0.3) is 0 Å². The topological polar surface area (TPSA) is 75.4 Å². The molecule has 1 aliphatic heterocycles. The van der Waals surface area contributed by atoms with Crippen LogP contribution in [-0.4, -0.2) is 45.7 Å². The fourth-order valence-electron chi connectivity index (χ4n) is 2.08. The highest BCUT2D eigenvalue weighted by Crippen LogP contribution is 2.24. The van der Waals surface area contributed by atoms with E-state index in [2.05, 4.69) is 5.32 Å². The number of nitrogen functional groups attached to an aromatic ring is 1. The van der Waals surface area contributed by atoms with Gasteiger partial charge in [-0.1, -0.05) is 11.6 Å². The first-order chi connectivity index (χ1) is 9.47. The lowest BCUT2D eigenvalue weighted by Crippen LogP contribution is -2.48. The largest absolute Gasteiger partial charge is 0.399 e. The number of hydrogen-bond acceptors (Lipinski definition) is 4. The summed E-state index contributed by atoms with van der Waals surface area (Å²) in [4.78, 5) is 14.2. The van der Waals surface area contributed by atoms with Crippen molar-refractivity contribution in [2.24, 2.45) is 0 Å². The van der Waals surface area contributed by atoms with Crippen molar-refractivity contribution in [2.45, 2.75) is 13.0 Å². The second-order valence-electron chi connectivity index (χ2n) is 4.79. The van der Waals surface area contributed by atoms with Crippen LogP contribution in [0.2, 0.25) is 5.02 Å². The molecule has 1 unspecified atom stereocenters. The Labute approximate surface area is 125 Å². The van der Waals surface area contributed by atoms with E-state index < -0.39 is 10.8 Å². The van der Waals surface area contributed by atoms with Gasteiger partial charge >= 0.3 is 0 Å². The molecule has 1 fully saturated rings. The zero-order valence-corrected chi connectivity index (χ0v) is 12.8. The molecule has 0 bridgehead atoms. The third-order valence-corrected chi connectivity index (χ3v) is 4.98. The second-order valence-corrected chi connectivity index (χ2v) is 6.89. The number of benzene rings is 1. The molecule has 1 atom stereocenters. The molecule has 20 heavy (non-hydrogen) atoms. The van der Waals surface area contributed by atoms with Gasteiger partial charge < -0.3 is 11.1 Å². The highest BCUT2D eigenvalue weighted by molar-refractivity contribution is 7.85. The average molecular weight is 316 g/mol. The number of nitrogens with zero attached hydrogens (tertiary/aromatic N) is 1. The molecule has 0 radical (unpaired) electrons. The number of rotatable bonds is 3. The van der Waals surface area contributed by atoms with Gasteiger partial charge in [0.1, 0.15) is 0 Å². The maximum Gasteiger partial charge on any atom is 0.241 e. The maximum atomic E-state index is 12.2. The minimum atomic E-state index is -0.743. The lowest BCUT2D eigenvalue weighted by molar-refractivity contribution is -0.120. The van der Waals surface area contributed by atoms with Gasteiger partial charge in [-0.15, -0.1) is 0 Å². The van der Waals surface area contributed by atoms with E-state index in [1.807, 2.05) is 11.8 Å². The van der Waals surface area contributed by atoms with Gasteiger partial charge in [0.2, 0.25) is 5.91 Å². The van der Waals surface area contributed by atoms with Crippen molar-refractivity contribution in [1.29, 1.82) is 0 Å². The number of amides is 1. The van der Waals surface area contributed by atoms with Crippen LogP contribution in [0.4, 0.5) is 11.4 Å². The van der Waals surface area contributed by atoms with Crippen LogP contribution in [0.3, 0.4) is 0 Å². The monoisotopic (exact) mass is 315 g/mol. The van der Waals surface area contributed by atoms with Crippen LogP contribution in [-0.2, 0) is 15.6 Å². The highest BCUT2D eigenvalue weighted by Gasteiger charge is 2.25. The van der Waals surface area contributed by atoms with Gasteiger partial charge in [0.25, 0.3) is 0 Å². The summed E-state index contributed by atoms with van der Waals surface area (Å²) in [5.74, 6) is 1.13. The minimum absolute atomic E-state index is 0.121. The molecule has 1 aromatic rings. The number of anilines is 2. The van der Waals surface area contributed by atoms with Crippen molar-refractivity contribution in [1.82, 2.24) is 4.90 Å². The predicted octanol–water partition coefficient (Wildman–Crippen LogP) is 1.31. The number of carbonyl (C=O) groups is 1. The van der Waals surface area contributed by atoms with Crippen LogP contribution < -0.4 is 11.1 Å². The van der Waals surface area contributed by atoms with E-state index >= 15 is 0 Å². The van der Waals surface area contributed by atoms with Crippen molar-refractivity contribution < 1.29 is 9.00 Å². The standard InChI is InChI=1S/C13H18ClN3O2S/c1-9(17-4-6-20(19)7-5-17)13(18)16-12-3-2-10(15)8-11(12)14/h2-3,8-9H,4-7,15H2,1H3,(H,16,18). The Morgan fingerprint density at radius 3 is 2.70 bits per heavy atom. The van der Waals surface area contributed by atoms with E-state index in [-0.39, 0.29) is 11.9 Å². The summed E-state index contributed by atoms with van der Waals surface area (Å²) in [6, 6.07) is 4.70. The molecule has 0 saturated carbocycles. The highest BCUT2D eigenvalue weighted by atomic mass is 35.5. The molecule has 0 aliphatic carbocycles. The van der Waals surface area contributed by atoms with Crippen LogP contribution in [0.5, 0.6) is 0 Å². The Kier molecular flexibility index (Phi) is 5.01. The van der Waals surface area contributed by atoms with Gasteiger partial charge in [0.05, 0.1) is 16.8 Å². The molecule has 1 heterocycles. The van der Waals surface area contributed by atoms with Crippen LogP contribution >= 0.6 is 11.6 Å². The molecule has 1 aliphatic rings. The molecular weight excluding hydrogens is 298 g/mol. The molecule has 7 heteroatoms. The smallest absolute Gasteiger partial charge is 0.241 e. The van der Waals surface area contributed by atoms with E-state index in [9.17, 15) is 9.00 Å². The molecular formula is C13H18ClN3O2S. The van der Waals surface area contributed by atoms with Gasteiger partial charge in [-0.2, -0.15) is 0 Å². The van der Waals surface area contributed by atoms with Crippen LogP contribution in [0.1, 0.15) is 6.92 Å². The minimum Gasteiger partial charge on any atom is -0.399 e. The molecule has 2 rings (SSSR count). The summed E-state index contributed by atoms with van der Waals surface area (Å²) in [7, 11) is -0.743. The number of carbonyl (C=O) groups excluding carboxylic acids is 1. The summed E-state index contributed by atoms with van der Waals surface area (Å²) >= 11 is 6.03. The fourth-order valence-corrected chi connectivity index (χ4v) is 3.39. The van der Waals surface area contributed by atoms with Gasteiger partial charge in [-0.05, 0) is 25.1 Å². The molecule has 3 N–H and O–H groups in total. The number of hydrogen-bond donors (Lipinski definition) is 2. The van der Waals surface area contributed by atoms with E-state index in [1.165, 1.54) is 0 Å². The first-order valence-corrected chi connectivity index (χ1v) is 8.29. The molecule has 0 spiro atoms. The summed E-state index contributed by atoms with van der Waals surface area (Å²) in [6.45, 7) is 3.20. The number of halogens is 1. The second kappa shape index (κ2) is 6.56.